The zero-order valence-corrected chi connectivity index (χ0v) is 6.03. The highest BCUT2D eigenvalue weighted by Crippen LogP contribution is 1.78. The molecule has 0 bridgehead atoms. The summed E-state index contributed by atoms with van der Waals surface area (Å²) in [6, 6.07) is 3.68. The molecular weight excluding hydrogens is 140 g/mol. The predicted molar refractivity (Wildman–Crippen MR) is 40.3 cm³/mol. The normalized spacial score (nSPS) is 10.0. The first kappa shape index (κ1) is 9.42. The fourth-order valence-corrected chi connectivity index (χ4v) is 0.406. The van der Waals surface area contributed by atoms with E-state index in [1.165, 1.54) is 12.2 Å². The SMILES string of the molecule is N#CC=CCOCC=CC#N. The van der Waals surface area contributed by atoms with Crippen LogP contribution in [0.2, 0.25) is 0 Å². The number of nitriles is 2. The molecule has 0 aliphatic rings. The Morgan fingerprint density at radius 2 is 1.45 bits per heavy atom. The summed E-state index contributed by atoms with van der Waals surface area (Å²) in [6.45, 7) is 0.812. The Bertz CT molecular complexity index is 193. The second-order valence-electron chi connectivity index (χ2n) is 1.60. The zero-order valence-electron chi connectivity index (χ0n) is 6.03. The van der Waals surface area contributed by atoms with Crippen LogP contribution in [0, 0.1) is 22.7 Å². The molecule has 0 aromatic carbocycles. The lowest BCUT2D eigenvalue weighted by molar-refractivity contribution is 0.194. The van der Waals surface area contributed by atoms with Gasteiger partial charge in [-0.05, 0) is 12.2 Å². The first-order valence-corrected chi connectivity index (χ1v) is 3.09. The third-order valence-electron chi connectivity index (χ3n) is 0.813. The summed E-state index contributed by atoms with van der Waals surface area (Å²) < 4.78 is 4.96. The van der Waals surface area contributed by atoms with Crippen LogP contribution in [-0.2, 0) is 4.74 Å². The lowest BCUT2D eigenvalue weighted by Gasteiger charge is -1.91. The van der Waals surface area contributed by atoms with Gasteiger partial charge in [-0.25, -0.2) is 0 Å². The van der Waals surface area contributed by atoms with Crippen LogP contribution in [0.4, 0.5) is 0 Å². The van der Waals surface area contributed by atoms with Crippen LogP contribution in [0.25, 0.3) is 0 Å². The number of nitrogens with zero attached hydrogens (tertiary/aromatic N) is 2. The summed E-state index contributed by atoms with van der Waals surface area (Å²) in [7, 11) is 0. The highest BCUT2D eigenvalue weighted by Gasteiger charge is 1.76. The molecule has 11 heavy (non-hydrogen) atoms. The highest BCUT2D eigenvalue weighted by molar-refractivity contribution is 5.02. The van der Waals surface area contributed by atoms with E-state index in [9.17, 15) is 0 Å². The van der Waals surface area contributed by atoms with Gasteiger partial charge in [0.05, 0.1) is 25.4 Å². The molecule has 0 unspecified atom stereocenters. The Morgan fingerprint density at radius 1 is 1.00 bits per heavy atom. The largest absolute Gasteiger partial charge is 0.373 e. The molecule has 0 fully saturated rings. The van der Waals surface area contributed by atoms with Crippen molar-refractivity contribution in [1.82, 2.24) is 0 Å². The van der Waals surface area contributed by atoms with Crippen molar-refractivity contribution in [2.45, 2.75) is 0 Å². The van der Waals surface area contributed by atoms with E-state index in [0.29, 0.717) is 13.2 Å². The molecule has 3 nitrogen and oxygen atoms in total. The summed E-state index contributed by atoms with van der Waals surface area (Å²) in [5.74, 6) is 0. The summed E-state index contributed by atoms with van der Waals surface area (Å²) in [5, 5.41) is 16.1. The molecule has 0 aromatic heterocycles. The van der Waals surface area contributed by atoms with E-state index < -0.39 is 0 Å². The van der Waals surface area contributed by atoms with Crippen molar-refractivity contribution >= 4 is 0 Å². The van der Waals surface area contributed by atoms with Gasteiger partial charge in [-0.2, -0.15) is 10.5 Å². The molecule has 0 spiro atoms. The van der Waals surface area contributed by atoms with Gasteiger partial charge in [0.25, 0.3) is 0 Å². The maximum atomic E-state index is 8.06. The number of hydrogen-bond donors (Lipinski definition) is 0. The van der Waals surface area contributed by atoms with Gasteiger partial charge in [0.1, 0.15) is 0 Å². The van der Waals surface area contributed by atoms with Gasteiger partial charge >= 0.3 is 0 Å². The van der Waals surface area contributed by atoms with E-state index in [0.717, 1.165) is 0 Å². The van der Waals surface area contributed by atoms with Crippen molar-refractivity contribution < 1.29 is 4.74 Å². The van der Waals surface area contributed by atoms with Crippen LogP contribution >= 0.6 is 0 Å². The number of hydrogen-bond acceptors (Lipinski definition) is 3. The van der Waals surface area contributed by atoms with Gasteiger partial charge in [0, 0.05) is 12.2 Å². The molecule has 0 aromatic rings. The highest BCUT2D eigenvalue weighted by atomic mass is 16.5. The minimum Gasteiger partial charge on any atom is -0.373 e. The number of allylic oxidation sites excluding steroid dienone is 2. The van der Waals surface area contributed by atoms with Crippen molar-refractivity contribution in [3.63, 3.8) is 0 Å². The molecule has 0 heterocycles. The molecule has 0 rings (SSSR count). The first-order chi connectivity index (χ1) is 5.41. The minimum atomic E-state index is 0.406. The molecule has 0 atom stereocenters. The summed E-state index contributed by atoms with van der Waals surface area (Å²) in [4.78, 5) is 0. The molecular formula is C8H8N2O. The Kier molecular flexibility index (Phi) is 7.21. The van der Waals surface area contributed by atoms with Crippen LogP contribution in [0.15, 0.2) is 24.3 Å². The zero-order chi connectivity index (χ0) is 8.36. The first-order valence-electron chi connectivity index (χ1n) is 3.09. The summed E-state index contributed by atoms with van der Waals surface area (Å²) >= 11 is 0. The van der Waals surface area contributed by atoms with E-state index in [-0.39, 0.29) is 0 Å². The Hall–Kier alpha value is -1.58. The standard InChI is InChI=1S/C8H8N2O/c9-5-1-3-7-11-8-4-2-6-10/h1-4H,7-8H2. The van der Waals surface area contributed by atoms with E-state index in [2.05, 4.69) is 0 Å². The third-order valence-corrected chi connectivity index (χ3v) is 0.813. The molecule has 0 aliphatic carbocycles. The lowest BCUT2D eigenvalue weighted by atomic mass is 10.5. The second kappa shape index (κ2) is 8.42. The molecule has 0 N–H and O–H groups in total. The van der Waals surface area contributed by atoms with E-state index in [1.54, 1.807) is 12.2 Å². The maximum Gasteiger partial charge on any atom is 0.0909 e. The van der Waals surface area contributed by atoms with Crippen LogP contribution < -0.4 is 0 Å². The summed E-state index contributed by atoms with van der Waals surface area (Å²) in [6.07, 6.45) is 5.93. The van der Waals surface area contributed by atoms with Crippen LogP contribution in [0.1, 0.15) is 0 Å². The van der Waals surface area contributed by atoms with Gasteiger partial charge in [0.2, 0.25) is 0 Å². The molecule has 0 saturated heterocycles. The molecule has 56 valence electrons. The second-order valence-corrected chi connectivity index (χ2v) is 1.60. The number of ether oxygens (including phenoxy) is 1. The topological polar surface area (TPSA) is 56.8 Å². The lowest BCUT2D eigenvalue weighted by Crippen LogP contribution is -1.89. The van der Waals surface area contributed by atoms with Crippen LogP contribution in [0.3, 0.4) is 0 Å². The Balaban J connectivity index is 3.18. The van der Waals surface area contributed by atoms with Crippen molar-refractivity contribution in [1.29, 1.82) is 10.5 Å². The quantitative estimate of drug-likeness (QED) is 0.444. The molecule has 0 radical (unpaired) electrons. The van der Waals surface area contributed by atoms with Crippen molar-refractivity contribution in [3.8, 4) is 12.1 Å². The van der Waals surface area contributed by atoms with Gasteiger partial charge in [-0.15, -0.1) is 0 Å². The smallest absolute Gasteiger partial charge is 0.0909 e. The molecule has 0 aliphatic heterocycles. The van der Waals surface area contributed by atoms with Gasteiger partial charge in [0.15, 0.2) is 0 Å². The summed E-state index contributed by atoms with van der Waals surface area (Å²) in [5.41, 5.74) is 0. The predicted octanol–water partition coefficient (Wildman–Crippen LogP) is 1.16. The van der Waals surface area contributed by atoms with Gasteiger partial charge < -0.3 is 4.74 Å². The van der Waals surface area contributed by atoms with Gasteiger partial charge in [-0.3, -0.25) is 0 Å². The third kappa shape index (κ3) is 8.42. The van der Waals surface area contributed by atoms with E-state index in [4.69, 9.17) is 15.3 Å². The minimum absolute atomic E-state index is 0.406. The van der Waals surface area contributed by atoms with E-state index in [1.807, 2.05) is 12.1 Å². The molecule has 3 heteroatoms. The van der Waals surface area contributed by atoms with Gasteiger partial charge in [-0.1, -0.05) is 0 Å². The Labute approximate surface area is 65.8 Å². The molecule has 0 amide bonds. The fourth-order valence-electron chi connectivity index (χ4n) is 0.406. The molecule has 0 saturated carbocycles. The fraction of sp³-hybridized carbons (Fsp3) is 0.250. The average Bonchev–Trinajstić information content (AvgIpc) is 2.03. The number of rotatable bonds is 4. The van der Waals surface area contributed by atoms with Crippen LogP contribution in [0.5, 0.6) is 0 Å². The maximum absolute atomic E-state index is 8.06. The Morgan fingerprint density at radius 3 is 1.82 bits per heavy atom. The van der Waals surface area contributed by atoms with E-state index >= 15 is 0 Å². The monoisotopic (exact) mass is 148 g/mol. The van der Waals surface area contributed by atoms with Crippen molar-refractivity contribution in [3.05, 3.63) is 24.3 Å². The van der Waals surface area contributed by atoms with Crippen molar-refractivity contribution in [2.24, 2.45) is 0 Å². The average molecular weight is 148 g/mol. The van der Waals surface area contributed by atoms with Crippen LogP contribution in [-0.4, -0.2) is 13.2 Å². The van der Waals surface area contributed by atoms with Crippen molar-refractivity contribution in [2.75, 3.05) is 13.2 Å².